The smallest absolute Gasteiger partial charge is 0.277 e. The van der Waals surface area contributed by atoms with Crippen LogP contribution in [-0.2, 0) is 0 Å². The van der Waals surface area contributed by atoms with Crippen LogP contribution in [0.4, 0.5) is 8.78 Å². The standard InChI is InChI=1S/C13H7F2N4O2/c14-6-1-2-7(8(15)3-6)9-4-10(20)11(12(16)21)13-17-5-18-19(9)13/h1-5,16,20H. The number of aromatic nitrogens is 3. The highest BCUT2D eigenvalue weighted by Gasteiger charge is 2.20. The predicted molar refractivity (Wildman–Crippen MR) is 67.4 cm³/mol. The van der Waals surface area contributed by atoms with Crippen LogP contribution in [0, 0.1) is 11.6 Å². The van der Waals surface area contributed by atoms with Gasteiger partial charge in [0.15, 0.2) is 5.65 Å². The van der Waals surface area contributed by atoms with Crippen molar-refractivity contribution in [3.63, 3.8) is 0 Å². The second-order valence-electron chi connectivity index (χ2n) is 4.24. The van der Waals surface area contributed by atoms with Gasteiger partial charge in [-0.3, -0.25) is 10.5 Å². The third kappa shape index (κ3) is 1.97. The summed E-state index contributed by atoms with van der Waals surface area (Å²) < 4.78 is 28.0. The number of pyridine rings is 1. The van der Waals surface area contributed by atoms with Gasteiger partial charge in [0.05, 0.1) is 5.69 Å². The number of benzene rings is 1. The Morgan fingerprint density at radius 2 is 2.05 bits per heavy atom. The molecule has 21 heavy (non-hydrogen) atoms. The molecule has 1 radical (unpaired) electrons. The number of fused-ring (bicyclic) bond motifs is 1. The molecule has 1 aromatic carbocycles. The summed E-state index contributed by atoms with van der Waals surface area (Å²) in [5.74, 6) is -3.25. The van der Waals surface area contributed by atoms with Gasteiger partial charge in [-0.25, -0.2) is 18.3 Å². The van der Waals surface area contributed by atoms with E-state index >= 15 is 0 Å². The van der Waals surface area contributed by atoms with E-state index in [1.54, 1.807) is 0 Å². The molecular weight excluding hydrogens is 282 g/mol. The molecule has 6 nitrogen and oxygen atoms in total. The molecule has 0 spiro atoms. The number of nitrogens with zero attached hydrogens (tertiary/aromatic N) is 3. The summed E-state index contributed by atoms with van der Waals surface area (Å²) >= 11 is 0. The number of rotatable bonds is 2. The minimum absolute atomic E-state index is 0.0221. The van der Waals surface area contributed by atoms with E-state index in [2.05, 4.69) is 10.1 Å². The Balaban J connectivity index is 2.37. The molecule has 0 saturated carbocycles. The van der Waals surface area contributed by atoms with E-state index in [0.717, 1.165) is 23.0 Å². The van der Waals surface area contributed by atoms with Crippen molar-refractivity contribution in [3.8, 4) is 17.0 Å². The summed E-state index contributed by atoms with van der Waals surface area (Å²) in [5, 5.41) is 13.7. The first kappa shape index (κ1) is 13.0. The topological polar surface area (TPSA) is 91.3 Å². The fourth-order valence-electron chi connectivity index (χ4n) is 2.07. The molecule has 0 fully saturated rings. The molecule has 0 aliphatic carbocycles. The van der Waals surface area contributed by atoms with Crippen LogP contribution < -0.4 is 5.73 Å². The molecule has 0 aliphatic heterocycles. The average Bonchev–Trinajstić information content (AvgIpc) is 2.86. The number of aromatic hydroxyl groups is 1. The molecule has 0 unspecified atom stereocenters. The predicted octanol–water partition coefficient (Wildman–Crippen LogP) is 1.80. The summed E-state index contributed by atoms with van der Waals surface area (Å²) in [6, 6.07) is 4.02. The van der Waals surface area contributed by atoms with Crippen molar-refractivity contribution in [3.05, 3.63) is 47.8 Å². The fourth-order valence-corrected chi connectivity index (χ4v) is 2.07. The van der Waals surface area contributed by atoms with Gasteiger partial charge in [-0.2, -0.15) is 5.10 Å². The molecule has 2 aromatic heterocycles. The van der Waals surface area contributed by atoms with E-state index in [0.29, 0.717) is 6.07 Å². The van der Waals surface area contributed by atoms with Crippen molar-refractivity contribution >= 4 is 11.6 Å². The van der Waals surface area contributed by atoms with E-state index in [1.807, 2.05) is 0 Å². The van der Waals surface area contributed by atoms with Gasteiger partial charge in [0.25, 0.3) is 5.91 Å². The SMILES string of the molecule is [NH]C(=O)c1c(O)cc(-c2ccc(F)cc2F)n2ncnc12. The van der Waals surface area contributed by atoms with Crippen LogP contribution in [0.15, 0.2) is 30.6 Å². The molecule has 3 rings (SSSR count). The molecule has 2 N–H and O–H groups in total. The Bertz CT molecular complexity index is 876. The van der Waals surface area contributed by atoms with Crippen molar-refractivity contribution < 1.29 is 18.7 Å². The number of halogens is 2. The monoisotopic (exact) mass is 289 g/mol. The summed E-state index contributed by atoms with van der Waals surface area (Å²) in [6.07, 6.45) is 1.10. The summed E-state index contributed by atoms with van der Waals surface area (Å²) in [4.78, 5) is 15.0. The highest BCUT2D eigenvalue weighted by Crippen LogP contribution is 2.30. The molecule has 1 amide bonds. The zero-order valence-electron chi connectivity index (χ0n) is 10.3. The summed E-state index contributed by atoms with van der Waals surface area (Å²) in [6.45, 7) is 0. The lowest BCUT2D eigenvalue weighted by Gasteiger charge is -2.09. The van der Waals surface area contributed by atoms with Crippen molar-refractivity contribution in [2.24, 2.45) is 0 Å². The van der Waals surface area contributed by atoms with E-state index in [-0.39, 0.29) is 22.5 Å². The number of amides is 1. The van der Waals surface area contributed by atoms with Gasteiger partial charge in [0.1, 0.15) is 29.3 Å². The normalized spacial score (nSPS) is 11.0. The van der Waals surface area contributed by atoms with Crippen LogP contribution >= 0.6 is 0 Å². The van der Waals surface area contributed by atoms with E-state index in [4.69, 9.17) is 5.73 Å². The van der Waals surface area contributed by atoms with Crippen molar-refractivity contribution in [1.82, 2.24) is 20.3 Å². The van der Waals surface area contributed by atoms with E-state index < -0.39 is 23.3 Å². The second-order valence-corrected chi connectivity index (χ2v) is 4.24. The Morgan fingerprint density at radius 1 is 1.29 bits per heavy atom. The number of hydrogen-bond acceptors (Lipinski definition) is 4. The summed E-state index contributed by atoms with van der Waals surface area (Å²) in [7, 11) is 0. The molecule has 0 saturated heterocycles. The van der Waals surface area contributed by atoms with Crippen LogP contribution in [0.25, 0.3) is 16.9 Å². The molecule has 2 heterocycles. The lowest BCUT2D eigenvalue weighted by atomic mass is 10.1. The van der Waals surface area contributed by atoms with Gasteiger partial charge >= 0.3 is 0 Å². The quantitative estimate of drug-likeness (QED) is 0.778. The maximum atomic E-state index is 13.9. The van der Waals surface area contributed by atoms with Gasteiger partial charge in [-0.15, -0.1) is 0 Å². The van der Waals surface area contributed by atoms with Gasteiger partial charge in [0.2, 0.25) is 0 Å². The van der Waals surface area contributed by atoms with E-state index in [9.17, 15) is 18.7 Å². The molecular formula is C13H7F2N4O2. The van der Waals surface area contributed by atoms with E-state index in [1.165, 1.54) is 6.07 Å². The number of carbonyl (C=O) groups excluding carboxylic acids is 1. The van der Waals surface area contributed by atoms with Gasteiger partial charge < -0.3 is 5.11 Å². The first-order chi connectivity index (χ1) is 9.99. The highest BCUT2D eigenvalue weighted by atomic mass is 19.1. The first-order valence-corrected chi connectivity index (χ1v) is 5.76. The van der Waals surface area contributed by atoms with Gasteiger partial charge in [0, 0.05) is 17.7 Å². The van der Waals surface area contributed by atoms with Crippen LogP contribution in [0.2, 0.25) is 0 Å². The third-order valence-corrected chi connectivity index (χ3v) is 2.96. The molecule has 0 atom stereocenters. The zero-order chi connectivity index (χ0) is 15.1. The Labute approximate surface area is 116 Å². The zero-order valence-corrected chi connectivity index (χ0v) is 10.3. The minimum atomic E-state index is -1.14. The molecule has 0 aliphatic rings. The van der Waals surface area contributed by atoms with Crippen LogP contribution in [0.3, 0.4) is 0 Å². The Hall–Kier alpha value is -3.03. The maximum Gasteiger partial charge on any atom is 0.277 e. The van der Waals surface area contributed by atoms with Crippen molar-refractivity contribution in [2.45, 2.75) is 0 Å². The Kier molecular flexibility index (Phi) is 2.79. The highest BCUT2D eigenvalue weighted by molar-refractivity contribution is 6.01. The third-order valence-electron chi connectivity index (χ3n) is 2.96. The van der Waals surface area contributed by atoms with Crippen LogP contribution in [0.1, 0.15) is 10.4 Å². The summed E-state index contributed by atoms with van der Waals surface area (Å²) in [5.41, 5.74) is 6.78. The number of carbonyl (C=O) groups is 1. The second kappa shape index (κ2) is 4.51. The van der Waals surface area contributed by atoms with Crippen molar-refractivity contribution in [1.29, 1.82) is 0 Å². The number of nitrogens with one attached hydrogen (secondary N) is 1. The van der Waals surface area contributed by atoms with Crippen LogP contribution in [0.5, 0.6) is 5.75 Å². The lowest BCUT2D eigenvalue weighted by molar-refractivity contribution is 0.0990. The average molecular weight is 289 g/mol. The largest absolute Gasteiger partial charge is 0.507 e. The minimum Gasteiger partial charge on any atom is -0.507 e. The molecule has 3 aromatic rings. The van der Waals surface area contributed by atoms with Gasteiger partial charge in [-0.05, 0) is 12.1 Å². The molecule has 105 valence electrons. The molecule has 8 heteroatoms. The first-order valence-electron chi connectivity index (χ1n) is 5.76. The molecule has 0 bridgehead atoms. The number of hydrogen-bond donors (Lipinski definition) is 1. The lowest BCUT2D eigenvalue weighted by Crippen LogP contribution is -2.06. The maximum absolute atomic E-state index is 13.9. The van der Waals surface area contributed by atoms with Crippen molar-refractivity contribution in [2.75, 3.05) is 0 Å². The van der Waals surface area contributed by atoms with Crippen LogP contribution in [-0.4, -0.2) is 25.6 Å². The Morgan fingerprint density at radius 3 is 2.71 bits per heavy atom. The van der Waals surface area contributed by atoms with Gasteiger partial charge in [-0.1, -0.05) is 0 Å². The fraction of sp³-hybridized carbons (Fsp3) is 0.